The van der Waals surface area contributed by atoms with Gasteiger partial charge < -0.3 is 5.73 Å². The van der Waals surface area contributed by atoms with Crippen LogP contribution in [0.5, 0.6) is 0 Å². The highest BCUT2D eigenvalue weighted by molar-refractivity contribution is 9.10. The molecule has 0 aliphatic rings. The van der Waals surface area contributed by atoms with E-state index < -0.39 is 0 Å². The lowest BCUT2D eigenvalue weighted by Gasteiger charge is -2.33. The summed E-state index contributed by atoms with van der Waals surface area (Å²) in [4.78, 5) is 2.20. The van der Waals surface area contributed by atoms with E-state index in [9.17, 15) is 4.39 Å². The first-order valence-corrected chi connectivity index (χ1v) is 6.71. The number of nitrogens with zero attached hydrogens (tertiary/aromatic N) is 1. The minimum absolute atomic E-state index is 0.0718. The normalized spacial score (nSPS) is 13.4. The molecule has 1 aromatic rings. The molecule has 1 unspecified atom stereocenters. The molecule has 17 heavy (non-hydrogen) atoms. The quantitative estimate of drug-likeness (QED) is 0.904. The molecule has 4 heteroatoms. The van der Waals surface area contributed by atoms with Gasteiger partial charge in [0.2, 0.25) is 0 Å². The maximum absolute atomic E-state index is 13.9. The summed E-state index contributed by atoms with van der Waals surface area (Å²) in [7, 11) is 0. The molecule has 0 bridgehead atoms. The van der Waals surface area contributed by atoms with Gasteiger partial charge in [0.25, 0.3) is 0 Å². The van der Waals surface area contributed by atoms with Crippen molar-refractivity contribution in [1.29, 1.82) is 0 Å². The summed E-state index contributed by atoms with van der Waals surface area (Å²) in [6, 6.07) is 5.27. The van der Waals surface area contributed by atoms with Crippen molar-refractivity contribution in [3.05, 3.63) is 34.1 Å². The van der Waals surface area contributed by atoms with Crippen molar-refractivity contribution in [2.45, 2.75) is 32.9 Å². The van der Waals surface area contributed by atoms with Crippen LogP contribution in [-0.4, -0.2) is 24.0 Å². The Morgan fingerprint density at radius 1 is 1.41 bits per heavy atom. The van der Waals surface area contributed by atoms with E-state index in [1.165, 1.54) is 6.07 Å². The maximum atomic E-state index is 13.9. The summed E-state index contributed by atoms with van der Waals surface area (Å²) < 4.78 is 14.7. The largest absolute Gasteiger partial charge is 0.329 e. The van der Waals surface area contributed by atoms with Crippen LogP contribution in [0.4, 0.5) is 4.39 Å². The van der Waals surface area contributed by atoms with Crippen LogP contribution in [-0.2, 0) is 0 Å². The van der Waals surface area contributed by atoms with Gasteiger partial charge in [-0.3, -0.25) is 4.90 Å². The molecule has 2 nitrogen and oxygen atoms in total. The summed E-state index contributed by atoms with van der Waals surface area (Å²) in [5, 5.41) is 0. The molecule has 1 atom stereocenters. The minimum atomic E-state index is -0.192. The van der Waals surface area contributed by atoms with Crippen molar-refractivity contribution in [2.24, 2.45) is 5.73 Å². The van der Waals surface area contributed by atoms with Gasteiger partial charge in [-0.1, -0.05) is 22.9 Å². The molecule has 0 heterocycles. The highest BCUT2D eigenvalue weighted by atomic mass is 79.9. The molecular weight excluding hydrogens is 283 g/mol. The van der Waals surface area contributed by atoms with Gasteiger partial charge in [-0.2, -0.15) is 0 Å². The molecular formula is C13H20BrFN2. The van der Waals surface area contributed by atoms with Crippen LogP contribution in [0.25, 0.3) is 0 Å². The number of rotatable bonds is 5. The predicted octanol–water partition coefficient (Wildman–Crippen LogP) is 3.32. The molecule has 1 rings (SSSR count). The van der Waals surface area contributed by atoms with Crippen LogP contribution >= 0.6 is 15.9 Å². The molecule has 96 valence electrons. The summed E-state index contributed by atoms with van der Waals surface area (Å²) in [5.74, 6) is -0.192. The average Bonchev–Trinajstić information content (AvgIpc) is 2.28. The van der Waals surface area contributed by atoms with Crippen molar-refractivity contribution < 1.29 is 4.39 Å². The van der Waals surface area contributed by atoms with Crippen LogP contribution in [0.1, 0.15) is 32.4 Å². The Morgan fingerprint density at radius 3 is 2.53 bits per heavy atom. The van der Waals surface area contributed by atoms with Gasteiger partial charge in [0.1, 0.15) is 5.82 Å². The third kappa shape index (κ3) is 3.50. The molecule has 0 saturated carbocycles. The fourth-order valence-electron chi connectivity index (χ4n) is 2.16. The topological polar surface area (TPSA) is 29.3 Å². The summed E-state index contributed by atoms with van der Waals surface area (Å²) >= 11 is 3.38. The Bertz CT molecular complexity index is 368. The van der Waals surface area contributed by atoms with Crippen LogP contribution in [0.3, 0.4) is 0 Å². The Morgan fingerprint density at radius 2 is 2.06 bits per heavy atom. The van der Waals surface area contributed by atoms with Crippen molar-refractivity contribution >= 4 is 15.9 Å². The van der Waals surface area contributed by atoms with Gasteiger partial charge >= 0.3 is 0 Å². The van der Waals surface area contributed by atoms with E-state index in [2.05, 4.69) is 41.6 Å². The fourth-order valence-corrected chi connectivity index (χ4v) is 2.54. The lowest BCUT2D eigenvalue weighted by atomic mass is 10.0. The van der Waals surface area contributed by atoms with Crippen LogP contribution < -0.4 is 5.73 Å². The zero-order valence-corrected chi connectivity index (χ0v) is 12.2. The number of hydrogen-bond acceptors (Lipinski definition) is 2. The molecule has 0 spiro atoms. The lowest BCUT2D eigenvalue weighted by molar-refractivity contribution is 0.163. The van der Waals surface area contributed by atoms with E-state index in [0.29, 0.717) is 18.2 Å². The van der Waals surface area contributed by atoms with E-state index in [4.69, 9.17) is 5.73 Å². The maximum Gasteiger partial charge on any atom is 0.128 e. The van der Waals surface area contributed by atoms with Crippen LogP contribution in [0.2, 0.25) is 0 Å². The molecule has 0 fully saturated rings. The third-order valence-electron chi connectivity index (χ3n) is 2.97. The van der Waals surface area contributed by atoms with E-state index in [1.54, 1.807) is 6.07 Å². The minimum Gasteiger partial charge on any atom is -0.329 e. The smallest absolute Gasteiger partial charge is 0.128 e. The van der Waals surface area contributed by atoms with Gasteiger partial charge in [-0.15, -0.1) is 0 Å². The molecule has 0 radical (unpaired) electrons. The van der Waals surface area contributed by atoms with Gasteiger partial charge in [0.15, 0.2) is 0 Å². The number of nitrogens with two attached hydrogens (primary N) is 1. The summed E-state index contributed by atoms with van der Waals surface area (Å²) in [6.45, 7) is 7.54. The number of hydrogen-bond donors (Lipinski definition) is 1. The SMILES string of the molecule is CCN(C(C)C)C(CN)c1cc(Br)ccc1F. The van der Waals surface area contributed by atoms with Gasteiger partial charge in [0.05, 0.1) is 6.04 Å². The molecule has 1 aromatic carbocycles. The Kier molecular flexibility index (Phi) is 5.56. The highest BCUT2D eigenvalue weighted by Crippen LogP contribution is 2.26. The van der Waals surface area contributed by atoms with Gasteiger partial charge in [-0.05, 0) is 38.6 Å². The Balaban J connectivity index is 3.11. The second-order valence-corrected chi connectivity index (χ2v) is 5.26. The first-order valence-electron chi connectivity index (χ1n) is 5.92. The van der Waals surface area contributed by atoms with E-state index in [0.717, 1.165) is 11.0 Å². The van der Waals surface area contributed by atoms with Gasteiger partial charge in [0, 0.05) is 22.6 Å². The van der Waals surface area contributed by atoms with Crippen molar-refractivity contribution in [3.63, 3.8) is 0 Å². The first kappa shape index (κ1) is 14.6. The summed E-state index contributed by atoms with van der Waals surface area (Å²) in [6.07, 6.45) is 0. The van der Waals surface area contributed by atoms with Gasteiger partial charge in [-0.25, -0.2) is 4.39 Å². The molecule has 0 aliphatic heterocycles. The highest BCUT2D eigenvalue weighted by Gasteiger charge is 2.23. The fraction of sp³-hybridized carbons (Fsp3) is 0.538. The molecule has 0 amide bonds. The molecule has 0 aliphatic carbocycles. The standard InChI is InChI=1S/C13H20BrFN2/c1-4-17(9(2)3)13(8-16)11-7-10(14)5-6-12(11)15/h5-7,9,13H,4,8,16H2,1-3H3. The zero-order valence-electron chi connectivity index (χ0n) is 10.6. The average molecular weight is 303 g/mol. The van der Waals surface area contributed by atoms with Crippen molar-refractivity contribution in [3.8, 4) is 0 Å². The van der Waals surface area contributed by atoms with Crippen LogP contribution in [0.15, 0.2) is 22.7 Å². The number of likely N-dealkylation sites (N-methyl/N-ethyl adjacent to an activating group) is 1. The summed E-state index contributed by atoms with van der Waals surface area (Å²) in [5.41, 5.74) is 6.48. The van der Waals surface area contributed by atoms with Crippen LogP contribution in [0, 0.1) is 5.82 Å². The first-order chi connectivity index (χ1) is 8.01. The monoisotopic (exact) mass is 302 g/mol. The number of benzene rings is 1. The molecule has 0 saturated heterocycles. The predicted molar refractivity (Wildman–Crippen MR) is 73.4 cm³/mol. The molecule has 0 aromatic heterocycles. The van der Waals surface area contributed by atoms with Crippen molar-refractivity contribution in [1.82, 2.24) is 4.90 Å². The zero-order chi connectivity index (χ0) is 13.0. The second-order valence-electron chi connectivity index (χ2n) is 4.34. The second kappa shape index (κ2) is 6.47. The molecule has 2 N–H and O–H groups in total. The number of halogens is 2. The third-order valence-corrected chi connectivity index (χ3v) is 3.46. The van der Waals surface area contributed by atoms with E-state index in [1.807, 2.05) is 6.07 Å². The lowest BCUT2D eigenvalue weighted by Crippen LogP contribution is -2.38. The van der Waals surface area contributed by atoms with E-state index >= 15 is 0 Å². The van der Waals surface area contributed by atoms with Crippen molar-refractivity contribution in [2.75, 3.05) is 13.1 Å². The Labute approximate surface area is 111 Å². The van der Waals surface area contributed by atoms with E-state index in [-0.39, 0.29) is 11.9 Å². The Hall–Kier alpha value is -0.450.